The molecule has 0 saturated heterocycles. The molecule has 0 aliphatic rings. The largest absolute Gasteiger partial charge is 0.497 e. The lowest BCUT2D eigenvalue weighted by molar-refractivity contribution is 0.262. The SMILES string of the molecule is COc1cccc(NC(=O)Nc2cc(C)ccc2Br)c1. The van der Waals surface area contributed by atoms with Gasteiger partial charge in [-0.15, -0.1) is 0 Å². The van der Waals surface area contributed by atoms with Crippen molar-refractivity contribution in [3.05, 3.63) is 52.5 Å². The van der Waals surface area contributed by atoms with Crippen LogP contribution < -0.4 is 15.4 Å². The van der Waals surface area contributed by atoms with Gasteiger partial charge in [0.1, 0.15) is 5.75 Å². The molecule has 0 radical (unpaired) electrons. The predicted molar refractivity (Wildman–Crippen MR) is 84.5 cm³/mol. The van der Waals surface area contributed by atoms with E-state index in [0.29, 0.717) is 11.4 Å². The van der Waals surface area contributed by atoms with Crippen molar-refractivity contribution in [3.63, 3.8) is 0 Å². The number of anilines is 2. The van der Waals surface area contributed by atoms with Crippen LogP contribution in [0.1, 0.15) is 5.56 Å². The van der Waals surface area contributed by atoms with Gasteiger partial charge in [0.05, 0.1) is 12.8 Å². The Morgan fingerprint density at radius 2 is 1.95 bits per heavy atom. The van der Waals surface area contributed by atoms with Crippen LogP contribution in [0, 0.1) is 6.92 Å². The smallest absolute Gasteiger partial charge is 0.323 e. The highest BCUT2D eigenvalue weighted by atomic mass is 79.9. The molecule has 0 fully saturated rings. The summed E-state index contributed by atoms with van der Waals surface area (Å²) in [6, 6.07) is 12.7. The summed E-state index contributed by atoms with van der Waals surface area (Å²) in [7, 11) is 1.59. The molecule has 2 aromatic rings. The molecule has 2 aromatic carbocycles. The summed E-state index contributed by atoms with van der Waals surface area (Å²) in [5.41, 5.74) is 2.47. The Kier molecular flexibility index (Phi) is 4.63. The summed E-state index contributed by atoms with van der Waals surface area (Å²) in [5, 5.41) is 5.56. The van der Waals surface area contributed by atoms with Crippen molar-refractivity contribution >= 4 is 33.3 Å². The molecule has 2 N–H and O–H groups in total. The minimum Gasteiger partial charge on any atom is -0.497 e. The molecule has 0 unspecified atom stereocenters. The normalized spacial score (nSPS) is 9.95. The van der Waals surface area contributed by atoms with Gasteiger partial charge < -0.3 is 15.4 Å². The molecule has 0 heterocycles. The summed E-state index contributed by atoms with van der Waals surface area (Å²) in [4.78, 5) is 12.0. The molecule has 20 heavy (non-hydrogen) atoms. The molecule has 104 valence electrons. The first kappa shape index (κ1) is 14.4. The van der Waals surface area contributed by atoms with Crippen LogP contribution in [0.3, 0.4) is 0 Å². The number of methoxy groups -OCH3 is 1. The van der Waals surface area contributed by atoms with Crippen molar-refractivity contribution in [1.82, 2.24) is 0 Å². The van der Waals surface area contributed by atoms with Crippen molar-refractivity contribution < 1.29 is 9.53 Å². The fraction of sp³-hybridized carbons (Fsp3) is 0.133. The number of hydrogen-bond acceptors (Lipinski definition) is 2. The van der Waals surface area contributed by atoms with E-state index in [1.807, 2.05) is 37.3 Å². The van der Waals surface area contributed by atoms with Gasteiger partial charge in [0.15, 0.2) is 0 Å². The molecule has 0 bridgehead atoms. The molecule has 0 aromatic heterocycles. The third kappa shape index (κ3) is 3.74. The van der Waals surface area contributed by atoms with Gasteiger partial charge in [-0.25, -0.2) is 4.79 Å². The van der Waals surface area contributed by atoms with Gasteiger partial charge in [-0.05, 0) is 52.7 Å². The molecule has 0 aliphatic carbocycles. The minimum atomic E-state index is -0.301. The third-order valence-corrected chi connectivity index (χ3v) is 3.39. The Bertz CT molecular complexity index is 629. The van der Waals surface area contributed by atoms with Gasteiger partial charge in [-0.2, -0.15) is 0 Å². The predicted octanol–water partition coefficient (Wildman–Crippen LogP) is 4.41. The Hall–Kier alpha value is -2.01. The number of ether oxygens (including phenoxy) is 1. The van der Waals surface area contributed by atoms with E-state index < -0.39 is 0 Å². The Morgan fingerprint density at radius 3 is 2.70 bits per heavy atom. The molecule has 4 nitrogen and oxygen atoms in total. The highest BCUT2D eigenvalue weighted by Gasteiger charge is 2.06. The lowest BCUT2D eigenvalue weighted by Gasteiger charge is -2.10. The van der Waals surface area contributed by atoms with E-state index in [4.69, 9.17) is 4.74 Å². The third-order valence-electron chi connectivity index (χ3n) is 2.70. The summed E-state index contributed by atoms with van der Waals surface area (Å²) < 4.78 is 5.95. The van der Waals surface area contributed by atoms with Crippen LogP contribution in [0.5, 0.6) is 5.75 Å². The number of nitrogens with one attached hydrogen (secondary N) is 2. The second kappa shape index (κ2) is 6.43. The number of aryl methyl sites for hydroxylation is 1. The molecule has 2 amide bonds. The van der Waals surface area contributed by atoms with Gasteiger partial charge in [-0.3, -0.25) is 0 Å². The maximum atomic E-state index is 12.0. The first-order valence-corrected chi connectivity index (χ1v) is 6.86. The number of carbonyl (C=O) groups excluding carboxylic acids is 1. The summed E-state index contributed by atoms with van der Waals surface area (Å²) in [5.74, 6) is 0.694. The number of urea groups is 1. The highest BCUT2D eigenvalue weighted by Crippen LogP contribution is 2.24. The second-order valence-corrected chi connectivity index (χ2v) is 5.15. The molecule has 0 saturated carbocycles. The molecule has 0 spiro atoms. The first-order valence-electron chi connectivity index (χ1n) is 6.06. The zero-order valence-electron chi connectivity index (χ0n) is 11.2. The van der Waals surface area contributed by atoms with Gasteiger partial charge >= 0.3 is 6.03 Å². The Balaban J connectivity index is 2.07. The van der Waals surface area contributed by atoms with Crippen molar-refractivity contribution in [3.8, 4) is 5.75 Å². The van der Waals surface area contributed by atoms with E-state index >= 15 is 0 Å². The molecular formula is C15H15BrN2O2. The van der Waals surface area contributed by atoms with Crippen molar-refractivity contribution in [2.45, 2.75) is 6.92 Å². The average Bonchev–Trinajstić information content (AvgIpc) is 2.43. The van der Waals surface area contributed by atoms with Crippen LogP contribution in [-0.2, 0) is 0 Å². The van der Waals surface area contributed by atoms with E-state index in [1.54, 1.807) is 19.2 Å². The first-order chi connectivity index (χ1) is 9.58. The second-order valence-electron chi connectivity index (χ2n) is 4.29. The van der Waals surface area contributed by atoms with Crippen LogP contribution >= 0.6 is 15.9 Å². The van der Waals surface area contributed by atoms with Gasteiger partial charge in [0, 0.05) is 16.2 Å². The fourth-order valence-corrected chi connectivity index (χ4v) is 2.07. The van der Waals surface area contributed by atoms with E-state index in [0.717, 1.165) is 15.7 Å². The topological polar surface area (TPSA) is 50.4 Å². The zero-order valence-corrected chi connectivity index (χ0v) is 12.8. The molecule has 0 atom stereocenters. The highest BCUT2D eigenvalue weighted by molar-refractivity contribution is 9.10. The lowest BCUT2D eigenvalue weighted by atomic mass is 10.2. The van der Waals surface area contributed by atoms with Crippen LogP contribution in [0.15, 0.2) is 46.9 Å². The molecule has 0 aliphatic heterocycles. The number of carbonyl (C=O) groups is 1. The number of halogens is 1. The number of rotatable bonds is 3. The van der Waals surface area contributed by atoms with E-state index in [9.17, 15) is 4.79 Å². The monoisotopic (exact) mass is 334 g/mol. The van der Waals surface area contributed by atoms with Crippen molar-refractivity contribution in [2.24, 2.45) is 0 Å². The summed E-state index contributed by atoms with van der Waals surface area (Å²) >= 11 is 3.40. The Morgan fingerprint density at radius 1 is 1.15 bits per heavy atom. The van der Waals surface area contributed by atoms with E-state index in [2.05, 4.69) is 26.6 Å². The molecule has 2 rings (SSSR count). The van der Waals surface area contributed by atoms with Crippen LogP contribution in [0.4, 0.5) is 16.2 Å². The number of benzene rings is 2. The lowest BCUT2D eigenvalue weighted by Crippen LogP contribution is -2.19. The standard InChI is InChI=1S/C15H15BrN2O2/c1-10-6-7-13(16)14(8-10)18-15(19)17-11-4-3-5-12(9-11)20-2/h3-9H,1-2H3,(H2,17,18,19). The summed E-state index contributed by atoms with van der Waals surface area (Å²) in [6.45, 7) is 1.97. The molecule has 5 heteroatoms. The average molecular weight is 335 g/mol. The number of amides is 2. The van der Waals surface area contributed by atoms with Crippen LogP contribution in [0.2, 0.25) is 0 Å². The maximum absolute atomic E-state index is 12.0. The minimum absolute atomic E-state index is 0.301. The van der Waals surface area contributed by atoms with Gasteiger partial charge in [0.25, 0.3) is 0 Å². The summed E-state index contributed by atoms with van der Waals surface area (Å²) in [6.07, 6.45) is 0. The van der Waals surface area contributed by atoms with Gasteiger partial charge in [0.2, 0.25) is 0 Å². The van der Waals surface area contributed by atoms with Crippen molar-refractivity contribution in [2.75, 3.05) is 17.7 Å². The Labute approximate surface area is 126 Å². The van der Waals surface area contributed by atoms with Gasteiger partial charge in [-0.1, -0.05) is 12.1 Å². The molecular weight excluding hydrogens is 320 g/mol. The maximum Gasteiger partial charge on any atom is 0.323 e. The van der Waals surface area contributed by atoms with Crippen LogP contribution in [0.25, 0.3) is 0 Å². The fourth-order valence-electron chi connectivity index (χ4n) is 1.72. The number of hydrogen-bond donors (Lipinski definition) is 2. The van der Waals surface area contributed by atoms with Crippen LogP contribution in [-0.4, -0.2) is 13.1 Å². The van der Waals surface area contributed by atoms with Crippen molar-refractivity contribution in [1.29, 1.82) is 0 Å². The zero-order chi connectivity index (χ0) is 14.5. The van der Waals surface area contributed by atoms with E-state index in [-0.39, 0.29) is 6.03 Å². The van der Waals surface area contributed by atoms with E-state index in [1.165, 1.54) is 0 Å². The quantitative estimate of drug-likeness (QED) is 0.873.